The summed E-state index contributed by atoms with van der Waals surface area (Å²) in [6, 6.07) is 23.3. The van der Waals surface area contributed by atoms with Crippen molar-refractivity contribution in [2.75, 3.05) is 32.8 Å². The molecule has 2 heterocycles. The van der Waals surface area contributed by atoms with Crippen LogP contribution in [0.4, 0.5) is 0 Å². The van der Waals surface area contributed by atoms with Crippen LogP contribution in [0.5, 0.6) is 0 Å². The van der Waals surface area contributed by atoms with Crippen molar-refractivity contribution in [3.8, 4) is 0 Å². The number of fused-ring (bicyclic) bond motifs is 1. The van der Waals surface area contributed by atoms with Crippen LogP contribution in [0.1, 0.15) is 61.9 Å². The van der Waals surface area contributed by atoms with Gasteiger partial charge in [-0.1, -0.05) is 92.9 Å². The summed E-state index contributed by atoms with van der Waals surface area (Å²) in [5.41, 5.74) is 0.270. The number of ether oxygens (including phenoxy) is 2. The quantitative estimate of drug-likeness (QED) is 0.153. The van der Waals surface area contributed by atoms with Crippen LogP contribution in [-0.2, 0) is 35.3 Å². The number of hydrogen-bond acceptors (Lipinski definition) is 7. The summed E-state index contributed by atoms with van der Waals surface area (Å²) in [7, 11) is 0. The summed E-state index contributed by atoms with van der Waals surface area (Å²) in [6.45, 7) is 18.9. The highest BCUT2D eigenvalue weighted by atomic mass is 16.7. The average molecular weight is 683 g/mol. The van der Waals surface area contributed by atoms with E-state index in [1.807, 2.05) is 86.6 Å². The first-order valence-electron chi connectivity index (χ1n) is 17.0. The van der Waals surface area contributed by atoms with Crippen molar-refractivity contribution in [2.45, 2.75) is 52.6 Å². The molecule has 3 aromatic rings. The van der Waals surface area contributed by atoms with E-state index in [0.29, 0.717) is 38.1 Å². The lowest BCUT2D eigenvalue weighted by atomic mass is 9.78. The first-order valence-corrected chi connectivity index (χ1v) is 17.0. The topological polar surface area (TPSA) is 102 Å². The zero-order valence-corrected chi connectivity index (χ0v) is 29.4. The Kier molecular flexibility index (Phi) is 15.2. The van der Waals surface area contributed by atoms with Gasteiger partial charge in [0.05, 0.1) is 17.4 Å². The number of likely N-dealkylation sites (tertiary alicyclic amines) is 1. The highest BCUT2D eigenvalue weighted by Gasteiger charge is 2.45. The van der Waals surface area contributed by atoms with Gasteiger partial charge in [-0.15, -0.1) is 13.2 Å². The van der Waals surface area contributed by atoms with Gasteiger partial charge in [0.2, 0.25) is 5.91 Å². The number of carbonyl (C=O) groups excluding carboxylic acids is 4. The normalized spacial score (nSPS) is 19.9. The smallest absolute Gasteiger partial charge is 0.314 e. The first kappa shape index (κ1) is 39.4. The number of piperidine rings is 2. The molecule has 2 saturated heterocycles. The Bertz CT molecular complexity index is 1620. The molecular weight excluding hydrogens is 632 g/mol. The number of esters is 2. The van der Waals surface area contributed by atoms with Crippen molar-refractivity contribution in [3.05, 3.63) is 122 Å². The van der Waals surface area contributed by atoms with E-state index in [9.17, 15) is 19.2 Å². The van der Waals surface area contributed by atoms with Crippen molar-refractivity contribution in [3.63, 3.8) is 0 Å². The summed E-state index contributed by atoms with van der Waals surface area (Å²) in [5, 5.41) is 3.46. The molecule has 50 heavy (non-hydrogen) atoms. The second kappa shape index (κ2) is 19.2. The van der Waals surface area contributed by atoms with Gasteiger partial charge in [-0.3, -0.25) is 24.0 Å². The van der Waals surface area contributed by atoms with Gasteiger partial charge in [-0.25, -0.2) is 5.06 Å². The Morgan fingerprint density at radius 2 is 1.48 bits per heavy atom. The summed E-state index contributed by atoms with van der Waals surface area (Å²) >= 11 is 0. The second-order valence-electron chi connectivity index (χ2n) is 12.6. The number of benzene rings is 3. The van der Waals surface area contributed by atoms with Crippen molar-refractivity contribution in [2.24, 2.45) is 10.8 Å². The molecule has 9 nitrogen and oxygen atoms in total. The SMILES string of the molecule is C=C.C=CCOC(=O)C1(C)CCCN(C(=O)c2ccc3ccccc3c2)C1.C=CCOC(=O)C1(CC)CCC(=O)N(OCc2ccccc2)C1. The molecule has 266 valence electrons. The minimum absolute atomic E-state index is 0.0341. The molecule has 0 spiro atoms. The van der Waals surface area contributed by atoms with E-state index in [2.05, 4.69) is 26.3 Å². The first-order chi connectivity index (χ1) is 24.1. The van der Waals surface area contributed by atoms with Crippen molar-refractivity contribution >= 4 is 34.5 Å². The lowest BCUT2D eigenvalue weighted by Gasteiger charge is -2.39. The predicted octanol–water partition coefficient (Wildman–Crippen LogP) is 7.48. The van der Waals surface area contributed by atoms with Gasteiger partial charge in [0, 0.05) is 25.1 Å². The highest BCUT2D eigenvalue weighted by molar-refractivity contribution is 5.99. The highest BCUT2D eigenvalue weighted by Crippen LogP contribution is 2.36. The number of hydrogen-bond donors (Lipinski definition) is 0. The van der Waals surface area contributed by atoms with Crippen LogP contribution in [0.15, 0.2) is 111 Å². The molecule has 2 aliphatic heterocycles. The molecule has 0 aromatic heterocycles. The molecular formula is C41H50N2O7. The van der Waals surface area contributed by atoms with Crippen LogP contribution in [0.2, 0.25) is 0 Å². The molecule has 2 unspecified atom stereocenters. The van der Waals surface area contributed by atoms with Gasteiger partial charge < -0.3 is 14.4 Å². The summed E-state index contributed by atoms with van der Waals surface area (Å²) in [6.07, 6.45) is 5.99. The molecule has 2 fully saturated rings. The largest absolute Gasteiger partial charge is 0.461 e. The molecule has 2 atom stereocenters. The van der Waals surface area contributed by atoms with E-state index in [1.165, 1.54) is 5.06 Å². The Hall–Kier alpha value is -5.02. The van der Waals surface area contributed by atoms with Crippen LogP contribution in [0.25, 0.3) is 10.8 Å². The van der Waals surface area contributed by atoms with Gasteiger partial charge in [0.25, 0.3) is 5.91 Å². The maximum absolute atomic E-state index is 12.9. The van der Waals surface area contributed by atoms with Crippen molar-refractivity contribution < 1.29 is 33.5 Å². The van der Waals surface area contributed by atoms with E-state index in [1.54, 1.807) is 17.1 Å². The fourth-order valence-corrected chi connectivity index (χ4v) is 6.04. The lowest BCUT2D eigenvalue weighted by Crippen LogP contribution is -2.50. The Morgan fingerprint density at radius 3 is 2.14 bits per heavy atom. The van der Waals surface area contributed by atoms with Crippen LogP contribution in [0.3, 0.4) is 0 Å². The minimum atomic E-state index is -0.701. The molecule has 0 radical (unpaired) electrons. The van der Waals surface area contributed by atoms with Gasteiger partial charge in [-0.05, 0) is 61.1 Å². The molecule has 0 saturated carbocycles. The van der Waals surface area contributed by atoms with E-state index < -0.39 is 10.8 Å². The molecule has 0 bridgehead atoms. The molecule has 0 N–H and O–H groups in total. The molecule has 9 heteroatoms. The third kappa shape index (κ3) is 10.2. The summed E-state index contributed by atoms with van der Waals surface area (Å²) in [5.74, 6) is -0.682. The molecule has 5 rings (SSSR count). The van der Waals surface area contributed by atoms with E-state index in [0.717, 1.165) is 29.2 Å². The van der Waals surface area contributed by atoms with Crippen LogP contribution >= 0.6 is 0 Å². The number of amides is 2. The summed E-state index contributed by atoms with van der Waals surface area (Å²) in [4.78, 5) is 57.2. The number of nitrogens with zero attached hydrogens (tertiary/aromatic N) is 2. The molecule has 2 amide bonds. The van der Waals surface area contributed by atoms with Crippen LogP contribution in [-0.4, -0.2) is 66.6 Å². The summed E-state index contributed by atoms with van der Waals surface area (Å²) < 4.78 is 10.5. The van der Waals surface area contributed by atoms with Crippen LogP contribution in [0, 0.1) is 10.8 Å². The fourth-order valence-electron chi connectivity index (χ4n) is 6.04. The fraction of sp³-hybridized carbons (Fsp3) is 0.366. The monoisotopic (exact) mass is 682 g/mol. The molecule has 0 aliphatic carbocycles. The van der Waals surface area contributed by atoms with Gasteiger partial charge in [-0.2, -0.15) is 0 Å². The number of hydroxylamine groups is 2. The van der Waals surface area contributed by atoms with Crippen LogP contribution < -0.4 is 0 Å². The third-order valence-corrected chi connectivity index (χ3v) is 9.02. The Balaban J connectivity index is 0.000000259. The van der Waals surface area contributed by atoms with Crippen molar-refractivity contribution in [1.29, 1.82) is 0 Å². The van der Waals surface area contributed by atoms with Gasteiger partial charge >= 0.3 is 11.9 Å². The Morgan fingerprint density at radius 1 is 0.840 bits per heavy atom. The number of rotatable bonds is 11. The van der Waals surface area contributed by atoms with E-state index in [-0.39, 0.29) is 49.9 Å². The van der Waals surface area contributed by atoms with E-state index in [4.69, 9.17) is 14.3 Å². The van der Waals surface area contributed by atoms with Gasteiger partial charge in [0.1, 0.15) is 19.8 Å². The predicted molar refractivity (Wildman–Crippen MR) is 196 cm³/mol. The molecule has 2 aliphatic rings. The minimum Gasteiger partial charge on any atom is -0.461 e. The van der Waals surface area contributed by atoms with E-state index >= 15 is 0 Å². The molecule has 3 aromatic carbocycles. The Labute approximate surface area is 296 Å². The van der Waals surface area contributed by atoms with Gasteiger partial charge in [0.15, 0.2) is 0 Å². The average Bonchev–Trinajstić information content (AvgIpc) is 3.16. The second-order valence-corrected chi connectivity index (χ2v) is 12.6. The maximum Gasteiger partial charge on any atom is 0.314 e. The lowest BCUT2D eigenvalue weighted by molar-refractivity contribution is -0.214. The zero-order chi connectivity index (χ0) is 36.6. The van der Waals surface area contributed by atoms with Crippen molar-refractivity contribution in [1.82, 2.24) is 9.96 Å². The number of carbonyl (C=O) groups is 4. The standard InChI is InChI=1S/C21H23NO3.C18H23NO4.C2H4/c1-3-13-25-20(24)21(2)11-6-12-22(15-21)19(23)18-10-9-16-7-4-5-8-17(16)14-18;1-3-12-22-17(21)18(4-2)11-10-16(20)19(14-18)23-13-15-8-6-5-7-9-15;1-2/h3-5,7-10,14H,1,6,11-13,15H2,2H3;3,5-9H,1,4,10-14H2,2H3;1-2H2. The third-order valence-electron chi connectivity index (χ3n) is 9.02. The maximum atomic E-state index is 12.9. The zero-order valence-electron chi connectivity index (χ0n) is 29.4.